The highest BCUT2D eigenvalue weighted by molar-refractivity contribution is 7.99. The molecule has 0 bridgehead atoms. The van der Waals surface area contributed by atoms with E-state index in [0.717, 1.165) is 0 Å². The summed E-state index contributed by atoms with van der Waals surface area (Å²) in [5, 5.41) is 8.47. The van der Waals surface area contributed by atoms with E-state index in [4.69, 9.17) is 0 Å². The Hall–Kier alpha value is -1.57. The lowest BCUT2D eigenvalue weighted by Crippen LogP contribution is -2.33. The van der Waals surface area contributed by atoms with E-state index in [9.17, 15) is 9.59 Å². The number of methoxy groups -OCH3 is 1. The summed E-state index contributed by atoms with van der Waals surface area (Å²) >= 11 is 1.30. The molecule has 1 aromatic heterocycles. The number of nitrogens with zero attached hydrogens (tertiary/aromatic N) is 4. The first-order chi connectivity index (χ1) is 8.95. The first-order valence-corrected chi connectivity index (χ1v) is 6.77. The van der Waals surface area contributed by atoms with Gasteiger partial charge in [-0.1, -0.05) is 11.8 Å². The van der Waals surface area contributed by atoms with Gasteiger partial charge in [0.15, 0.2) is 5.16 Å². The summed E-state index contributed by atoms with van der Waals surface area (Å²) < 4.78 is 6.39. The van der Waals surface area contributed by atoms with Crippen LogP contribution in [-0.2, 0) is 14.3 Å². The van der Waals surface area contributed by atoms with Gasteiger partial charge in [0.05, 0.1) is 12.9 Å². The Kier molecular flexibility index (Phi) is 5.81. The van der Waals surface area contributed by atoms with Gasteiger partial charge in [-0.3, -0.25) is 9.59 Å². The molecule has 1 rings (SSSR count). The molecule has 0 fully saturated rings. The van der Waals surface area contributed by atoms with Crippen LogP contribution in [-0.4, -0.2) is 58.0 Å². The van der Waals surface area contributed by atoms with Crippen molar-refractivity contribution < 1.29 is 14.3 Å². The normalized spacial score (nSPS) is 10.6. The third-order valence-corrected chi connectivity index (χ3v) is 3.38. The Morgan fingerprint density at radius 3 is 2.79 bits per heavy atom. The molecule has 0 aliphatic heterocycles. The summed E-state index contributed by atoms with van der Waals surface area (Å²) in [6.07, 6.45) is 1.63. The topological polar surface area (TPSA) is 77.3 Å². The molecular formula is C11H18N4O3S. The molecule has 0 aliphatic rings. The summed E-state index contributed by atoms with van der Waals surface area (Å²) in [6.45, 7) is 3.98. The maximum atomic E-state index is 11.8. The number of hydrogen-bond acceptors (Lipinski definition) is 6. The smallest absolute Gasteiger partial charge is 0.325 e. The second-order valence-corrected chi connectivity index (χ2v) is 5.17. The van der Waals surface area contributed by atoms with Gasteiger partial charge < -0.3 is 14.2 Å². The van der Waals surface area contributed by atoms with E-state index in [0.29, 0.717) is 5.16 Å². The molecule has 0 saturated carbocycles. The van der Waals surface area contributed by atoms with Crippen LogP contribution in [0.5, 0.6) is 0 Å². The number of likely N-dealkylation sites (N-methyl/N-ethyl adjacent to an activating group) is 1. The predicted molar refractivity (Wildman–Crippen MR) is 70.8 cm³/mol. The molecule has 1 aromatic rings. The number of amides is 1. The van der Waals surface area contributed by atoms with E-state index in [1.807, 2.05) is 18.4 Å². The molecular weight excluding hydrogens is 268 g/mol. The Morgan fingerprint density at radius 2 is 2.21 bits per heavy atom. The fraction of sp³-hybridized carbons (Fsp3) is 0.636. The predicted octanol–water partition coefficient (Wildman–Crippen LogP) is 0.582. The van der Waals surface area contributed by atoms with Crippen LogP contribution in [0, 0.1) is 0 Å². The van der Waals surface area contributed by atoms with Crippen molar-refractivity contribution in [1.29, 1.82) is 0 Å². The van der Waals surface area contributed by atoms with Gasteiger partial charge in [-0.05, 0) is 13.8 Å². The Balaban J connectivity index is 2.50. The van der Waals surface area contributed by atoms with Gasteiger partial charge in [0.1, 0.15) is 12.9 Å². The summed E-state index contributed by atoms with van der Waals surface area (Å²) in [5.74, 6) is -0.390. The number of aromatic nitrogens is 3. The van der Waals surface area contributed by atoms with Crippen LogP contribution in [0.3, 0.4) is 0 Å². The van der Waals surface area contributed by atoms with E-state index < -0.39 is 5.97 Å². The van der Waals surface area contributed by atoms with Gasteiger partial charge in [-0.2, -0.15) is 0 Å². The third kappa shape index (κ3) is 4.55. The molecule has 0 aromatic carbocycles. The lowest BCUT2D eigenvalue weighted by Gasteiger charge is -2.15. The van der Waals surface area contributed by atoms with E-state index in [1.54, 1.807) is 13.4 Å². The highest BCUT2D eigenvalue weighted by Gasteiger charge is 2.15. The van der Waals surface area contributed by atoms with Gasteiger partial charge in [0, 0.05) is 13.1 Å². The minimum atomic E-state index is -0.439. The molecule has 0 N–H and O–H groups in total. The minimum absolute atomic E-state index is 0.0488. The molecule has 106 valence electrons. The molecule has 19 heavy (non-hydrogen) atoms. The van der Waals surface area contributed by atoms with Gasteiger partial charge in [-0.25, -0.2) is 0 Å². The van der Waals surface area contributed by atoms with Crippen LogP contribution in [0.4, 0.5) is 0 Å². The molecule has 0 unspecified atom stereocenters. The largest absolute Gasteiger partial charge is 0.468 e. The van der Waals surface area contributed by atoms with E-state index in [1.165, 1.54) is 23.8 Å². The van der Waals surface area contributed by atoms with Crippen LogP contribution in [0.1, 0.15) is 19.9 Å². The second kappa shape index (κ2) is 7.13. The van der Waals surface area contributed by atoms with Gasteiger partial charge in [0.2, 0.25) is 5.91 Å². The summed E-state index contributed by atoms with van der Waals surface area (Å²) in [4.78, 5) is 24.2. The number of rotatable bonds is 6. The quantitative estimate of drug-likeness (QED) is 0.562. The molecule has 1 amide bonds. The van der Waals surface area contributed by atoms with Crippen molar-refractivity contribution in [3.05, 3.63) is 6.33 Å². The van der Waals surface area contributed by atoms with Crippen molar-refractivity contribution in [2.75, 3.05) is 26.5 Å². The van der Waals surface area contributed by atoms with Crippen LogP contribution in [0.15, 0.2) is 11.5 Å². The summed E-state index contributed by atoms with van der Waals surface area (Å²) in [5.41, 5.74) is 0. The first kappa shape index (κ1) is 15.5. The summed E-state index contributed by atoms with van der Waals surface area (Å²) in [6, 6.07) is 0.236. The van der Waals surface area contributed by atoms with Crippen molar-refractivity contribution >= 4 is 23.6 Å². The third-order valence-electron chi connectivity index (χ3n) is 2.44. The maximum absolute atomic E-state index is 11.8. The molecule has 0 saturated heterocycles. The number of esters is 1. The molecule has 1 heterocycles. The molecule has 0 radical (unpaired) electrons. The highest BCUT2D eigenvalue weighted by atomic mass is 32.2. The van der Waals surface area contributed by atoms with Gasteiger partial charge in [0.25, 0.3) is 0 Å². The van der Waals surface area contributed by atoms with Crippen molar-refractivity contribution in [3.63, 3.8) is 0 Å². The van der Waals surface area contributed by atoms with Gasteiger partial charge in [-0.15, -0.1) is 10.2 Å². The standard InChI is InChI=1S/C11H18N4O3S/c1-8(2)15-7-12-13-11(15)19-6-9(16)14(3)5-10(17)18-4/h7-8H,5-6H2,1-4H3. The fourth-order valence-electron chi connectivity index (χ4n) is 1.27. The Labute approximate surface area is 116 Å². The average molecular weight is 286 g/mol. The number of thioether (sulfide) groups is 1. The SMILES string of the molecule is COC(=O)CN(C)C(=O)CSc1nncn1C(C)C. The van der Waals surface area contributed by atoms with E-state index in [2.05, 4.69) is 14.9 Å². The van der Waals surface area contributed by atoms with Gasteiger partial charge >= 0.3 is 5.97 Å². The van der Waals surface area contributed by atoms with E-state index >= 15 is 0 Å². The molecule has 0 aliphatic carbocycles. The number of hydrogen-bond donors (Lipinski definition) is 0. The lowest BCUT2D eigenvalue weighted by atomic mass is 10.4. The molecule has 0 spiro atoms. The zero-order valence-electron chi connectivity index (χ0n) is 11.5. The summed E-state index contributed by atoms with van der Waals surface area (Å²) in [7, 11) is 2.85. The molecule has 8 heteroatoms. The number of carbonyl (C=O) groups is 2. The van der Waals surface area contributed by atoms with Crippen molar-refractivity contribution in [1.82, 2.24) is 19.7 Å². The second-order valence-electron chi connectivity index (χ2n) is 4.23. The van der Waals surface area contributed by atoms with Crippen LogP contribution < -0.4 is 0 Å². The minimum Gasteiger partial charge on any atom is -0.468 e. The molecule has 7 nitrogen and oxygen atoms in total. The highest BCUT2D eigenvalue weighted by Crippen LogP contribution is 2.18. The fourth-order valence-corrected chi connectivity index (χ4v) is 2.26. The van der Waals surface area contributed by atoms with Crippen molar-refractivity contribution in [3.8, 4) is 0 Å². The zero-order valence-corrected chi connectivity index (χ0v) is 12.3. The van der Waals surface area contributed by atoms with Crippen LogP contribution in [0.25, 0.3) is 0 Å². The zero-order chi connectivity index (χ0) is 14.4. The van der Waals surface area contributed by atoms with Crippen LogP contribution >= 0.6 is 11.8 Å². The number of carbonyl (C=O) groups excluding carboxylic acids is 2. The first-order valence-electron chi connectivity index (χ1n) is 5.78. The Morgan fingerprint density at radius 1 is 1.53 bits per heavy atom. The number of ether oxygens (including phenoxy) is 1. The molecule has 0 atom stereocenters. The maximum Gasteiger partial charge on any atom is 0.325 e. The monoisotopic (exact) mass is 286 g/mol. The van der Waals surface area contributed by atoms with Crippen LogP contribution in [0.2, 0.25) is 0 Å². The van der Waals surface area contributed by atoms with Crippen molar-refractivity contribution in [2.24, 2.45) is 0 Å². The average Bonchev–Trinajstić information content (AvgIpc) is 2.83. The lowest BCUT2D eigenvalue weighted by molar-refractivity contribution is -0.145. The van der Waals surface area contributed by atoms with E-state index in [-0.39, 0.29) is 24.2 Å². The Bertz CT molecular complexity index is 447. The van der Waals surface area contributed by atoms with Crippen molar-refractivity contribution in [2.45, 2.75) is 25.0 Å².